The maximum atomic E-state index is 12.6. The minimum Gasteiger partial charge on any atom is -0.496 e. The minimum absolute atomic E-state index is 0.120. The van der Waals surface area contributed by atoms with Crippen LogP contribution in [0.4, 0.5) is 0 Å². The van der Waals surface area contributed by atoms with Gasteiger partial charge in [0.1, 0.15) is 11.5 Å². The van der Waals surface area contributed by atoms with E-state index in [1.807, 2.05) is 6.92 Å². The molecule has 0 spiro atoms. The number of esters is 1. The average molecular weight is 309 g/mol. The molecule has 0 heterocycles. The van der Waals surface area contributed by atoms with Crippen molar-refractivity contribution in [3.8, 4) is 11.5 Å². The van der Waals surface area contributed by atoms with Crippen molar-refractivity contribution in [1.29, 1.82) is 0 Å². The van der Waals surface area contributed by atoms with Crippen molar-refractivity contribution in [3.63, 3.8) is 0 Å². The molecule has 122 valence electrons. The SMILES string of the molecule is CCCC(=O)C(N)(C(=O)OCC)c1c(OC)cccc1OC. The molecular weight excluding hydrogens is 286 g/mol. The third-order valence-electron chi connectivity index (χ3n) is 3.34. The van der Waals surface area contributed by atoms with Crippen molar-refractivity contribution in [2.24, 2.45) is 5.73 Å². The molecule has 6 heteroatoms. The molecule has 0 fully saturated rings. The van der Waals surface area contributed by atoms with Crippen LogP contribution in [0.15, 0.2) is 18.2 Å². The van der Waals surface area contributed by atoms with Crippen LogP contribution in [0.3, 0.4) is 0 Å². The van der Waals surface area contributed by atoms with Crippen LogP contribution in [0.5, 0.6) is 11.5 Å². The molecular formula is C16H23NO5. The highest BCUT2D eigenvalue weighted by Gasteiger charge is 2.48. The second-order valence-electron chi connectivity index (χ2n) is 4.74. The predicted octanol–water partition coefficient (Wildman–Crippen LogP) is 1.79. The Labute approximate surface area is 130 Å². The van der Waals surface area contributed by atoms with Crippen molar-refractivity contribution < 1.29 is 23.8 Å². The molecule has 0 aliphatic carbocycles. The standard InChI is InChI=1S/C16H23NO5/c1-5-8-13(18)16(17,15(19)22-6-2)14-11(20-3)9-7-10-12(14)21-4/h7,9-10H,5-6,8,17H2,1-4H3. The Morgan fingerprint density at radius 1 is 1.14 bits per heavy atom. The second-order valence-corrected chi connectivity index (χ2v) is 4.74. The van der Waals surface area contributed by atoms with Crippen molar-refractivity contribution >= 4 is 11.8 Å². The van der Waals surface area contributed by atoms with Crippen molar-refractivity contribution in [2.45, 2.75) is 32.2 Å². The highest BCUT2D eigenvalue weighted by Crippen LogP contribution is 2.38. The third kappa shape index (κ3) is 3.22. The van der Waals surface area contributed by atoms with E-state index in [0.717, 1.165) is 0 Å². The Hall–Kier alpha value is -2.08. The molecule has 1 aromatic carbocycles. The number of hydrogen-bond donors (Lipinski definition) is 1. The van der Waals surface area contributed by atoms with Gasteiger partial charge in [-0.25, -0.2) is 4.79 Å². The largest absolute Gasteiger partial charge is 0.496 e. The molecule has 1 rings (SSSR count). The van der Waals surface area contributed by atoms with Gasteiger partial charge in [-0.3, -0.25) is 4.79 Å². The summed E-state index contributed by atoms with van der Waals surface area (Å²) >= 11 is 0. The molecule has 0 radical (unpaired) electrons. The minimum atomic E-state index is -1.95. The summed E-state index contributed by atoms with van der Waals surface area (Å²) in [6.07, 6.45) is 0.713. The zero-order valence-electron chi connectivity index (χ0n) is 13.5. The maximum Gasteiger partial charge on any atom is 0.338 e. The lowest BCUT2D eigenvalue weighted by Gasteiger charge is -2.29. The number of Topliss-reactive ketones (excluding diaryl/α,β-unsaturated/α-hetero) is 1. The highest BCUT2D eigenvalue weighted by molar-refractivity contribution is 6.10. The molecule has 6 nitrogen and oxygen atoms in total. The van der Waals surface area contributed by atoms with Gasteiger partial charge in [-0.1, -0.05) is 13.0 Å². The van der Waals surface area contributed by atoms with Crippen molar-refractivity contribution in [3.05, 3.63) is 23.8 Å². The first kappa shape index (κ1) is 18.0. The van der Waals surface area contributed by atoms with Crippen LogP contribution in [0.25, 0.3) is 0 Å². The van der Waals surface area contributed by atoms with E-state index in [-0.39, 0.29) is 18.6 Å². The van der Waals surface area contributed by atoms with Crippen molar-refractivity contribution in [2.75, 3.05) is 20.8 Å². The molecule has 0 aliphatic rings. The fourth-order valence-electron chi connectivity index (χ4n) is 2.26. The lowest BCUT2D eigenvalue weighted by molar-refractivity contribution is -0.154. The van der Waals surface area contributed by atoms with E-state index in [1.165, 1.54) is 14.2 Å². The van der Waals surface area contributed by atoms with Gasteiger partial charge in [0.2, 0.25) is 5.54 Å². The normalized spacial score (nSPS) is 13.1. The topological polar surface area (TPSA) is 87.9 Å². The van der Waals surface area contributed by atoms with Gasteiger partial charge in [0.15, 0.2) is 5.78 Å². The first-order valence-electron chi connectivity index (χ1n) is 7.18. The number of carbonyl (C=O) groups is 2. The molecule has 1 unspecified atom stereocenters. The van der Waals surface area contributed by atoms with Gasteiger partial charge in [-0.2, -0.15) is 0 Å². The maximum absolute atomic E-state index is 12.6. The number of hydrogen-bond acceptors (Lipinski definition) is 6. The summed E-state index contributed by atoms with van der Waals surface area (Å²) in [5.41, 5.74) is 4.48. The van der Waals surface area contributed by atoms with Crippen LogP contribution >= 0.6 is 0 Å². The summed E-state index contributed by atoms with van der Waals surface area (Å²) in [6, 6.07) is 4.94. The van der Waals surface area contributed by atoms with Crippen LogP contribution in [0.1, 0.15) is 32.3 Å². The Kier molecular flexibility index (Phi) is 6.37. The van der Waals surface area contributed by atoms with Gasteiger partial charge in [0.25, 0.3) is 0 Å². The fourth-order valence-corrected chi connectivity index (χ4v) is 2.26. The zero-order chi connectivity index (χ0) is 16.8. The number of nitrogens with two attached hydrogens (primary N) is 1. The number of benzene rings is 1. The first-order valence-corrected chi connectivity index (χ1v) is 7.18. The van der Waals surface area contributed by atoms with E-state index in [1.54, 1.807) is 25.1 Å². The molecule has 0 amide bonds. The van der Waals surface area contributed by atoms with Gasteiger partial charge in [0.05, 0.1) is 26.4 Å². The Morgan fingerprint density at radius 3 is 2.09 bits per heavy atom. The molecule has 2 N–H and O–H groups in total. The smallest absolute Gasteiger partial charge is 0.338 e. The van der Waals surface area contributed by atoms with Gasteiger partial charge in [0, 0.05) is 6.42 Å². The van der Waals surface area contributed by atoms with Crippen LogP contribution in [-0.2, 0) is 19.9 Å². The number of rotatable bonds is 8. The van der Waals surface area contributed by atoms with E-state index in [0.29, 0.717) is 17.9 Å². The van der Waals surface area contributed by atoms with Gasteiger partial charge in [-0.05, 0) is 25.5 Å². The molecule has 0 aromatic heterocycles. The Bertz CT molecular complexity index is 501. The lowest BCUT2D eigenvalue weighted by atomic mass is 9.83. The van der Waals surface area contributed by atoms with Crippen LogP contribution in [0, 0.1) is 0 Å². The summed E-state index contributed by atoms with van der Waals surface area (Å²) in [4.78, 5) is 25.0. The van der Waals surface area contributed by atoms with E-state index in [2.05, 4.69) is 0 Å². The lowest BCUT2D eigenvalue weighted by Crippen LogP contribution is -2.53. The summed E-state index contributed by atoms with van der Waals surface area (Å²) in [5.74, 6) is -0.633. The number of carbonyl (C=O) groups excluding carboxylic acids is 2. The molecule has 0 bridgehead atoms. The van der Waals surface area contributed by atoms with E-state index < -0.39 is 17.3 Å². The van der Waals surface area contributed by atoms with Gasteiger partial charge >= 0.3 is 5.97 Å². The highest BCUT2D eigenvalue weighted by atomic mass is 16.5. The molecule has 22 heavy (non-hydrogen) atoms. The van der Waals surface area contributed by atoms with Gasteiger partial charge < -0.3 is 19.9 Å². The van der Waals surface area contributed by atoms with E-state index in [4.69, 9.17) is 19.9 Å². The second kappa shape index (κ2) is 7.79. The fraction of sp³-hybridized carbons (Fsp3) is 0.500. The summed E-state index contributed by atoms with van der Waals surface area (Å²) in [6.45, 7) is 3.61. The summed E-state index contributed by atoms with van der Waals surface area (Å²) in [7, 11) is 2.88. The van der Waals surface area contributed by atoms with E-state index in [9.17, 15) is 9.59 Å². The Balaban J connectivity index is 3.58. The van der Waals surface area contributed by atoms with Gasteiger partial charge in [-0.15, -0.1) is 0 Å². The summed E-state index contributed by atoms with van der Waals surface area (Å²) < 4.78 is 15.6. The number of ketones is 1. The zero-order valence-corrected chi connectivity index (χ0v) is 13.5. The molecule has 0 saturated carbocycles. The number of methoxy groups -OCH3 is 2. The molecule has 0 aliphatic heterocycles. The average Bonchev–Trinajstić information content (AvgIpc) is 2.53. The van der Waals surface area contributed by atoms with Crippen molar-refractivity contribution in [1.82, 2.24) is 0 Å². The molecule has 0 saturated heterocycles. The van der Waals surface area contributed by atoms with Crippen LogP contribution in [0.2, 0.25) is 0 Å². The van der Waals surface area contributed by atoms with Crippen LogP contribution in [-0.4, -0.2) is 32.6 Å². The third-order valence-corrected chi connectivity index (χ3v) is 3.34. The molecule has 1 atom stereocenters. The molecule has 1 aromatic rings. The number of ether oxygens (including phenoxy) is 3. The quantitative estimate of drug-likeness (QED) is 0.582. The summed E-state index contributed by atoms with van der Waals surface area (Å²) in [5, 5.41) is 0. The monoisotopic (exact) mass is 309 g/mol. The predicted molar refractivity (Wildman–Crippen MR) is 82.0 cm³/mol. The van der Waals surface area contributed by atoms with E-state index >= 15 is 0 Å². The Morgan fingerprint density at radius 2 is 1.68 bits per heavy atom. The first-order chi connectivity index (χ1) is 10.5. The van der Waals surface area contributed by atoms with Crippen LogP contribution < -0.4 is 15.2 Å².